The molecule has 4 rings (SSSR count). The highest BCUT2D eigenvalue weighted by Gasteiger charge is 2.25. The van der Waals surface area contributed by atoms with E-state index in [0.717, 1.165) is 48.4 Å². The predicted octanol–water partition coefficient (Wildman–Crippen LogP) is 5.68. The van der Waals surface area contributed by atoms with Crippen LogP contribution in [0.25, 0.3) is 11.0 Å². The molecule has 0 bridgehead atoms. The number of fused-ring (bicyclic) bond motifs is 1. The minimum Gasteiger partial charge on any atom is -0.354 e. The van der Waals surface area contributed by atoms with Crippen LogP contribution >= 0.6 is 0 Å². The van der Waals surface area contributed by atoms with Crippen LogP contribution in [0.15, 0.2) is 42.6 Å². The van der Waals surface area contributed by atoms with E-state index in [1.165, 1.54) is 5.56 Å². The van der Waals surface area contributed by atoms with Gasteiger partial charge in [0.05, 0.1) is 11.3 Å². The van der Waals surface area contributed by atoms with Crippen LogP contribution < -0.4 is 5.32 Å². The number of amides is 1. The van der Waals surface area contributed by atoms with E-state index in [4.69, 9.17) is 0 Å². The van der Waals surface area contributed by atoms with Crippen LogP contribution in [-0.2, 0) is 0 Å². The van der Waals surface area contributed by atoms with E-state index >= 15 is 0 Å². The van der Waals surface area contributed by atoms with Gasteiger partial charge in [0.1, 0.15) is 0 Å². The number of hydrogen-bond donors (Lipinski definition) is 1. The van der Waals surface area contributed by atoms with Crippen molar-refractivity contribution >= 4 is 28.3 Å². The van der Waals surface area contributed by atoms with Crippen molar-refractivity contribution in [1.82, 2.24) is 14.9 Å². The van der Waals surface area contributed by atoms with Gasteiger partial charge in [0.25, 0.3) is 5.91 Å². The lowest BCUT2D eigenvalue weighted by molar-refractivity contribution is 0.0698. The Morgan fingerprint density at radius 2 is 1.80 bits per heavy atom. The van der Waals surface area contributed by atoms with Crippen molar-refractivity contribution in [2.24, 2.45) is 5.92 Å². The van der Waals surface area contributed by atoms with Crippen molar-refractivity contribution in [2.75, 3.05) is 18.4 Å². The fourth-order valence-corrected chi connectivity index (χ4v) is 3.95. The average Bonchev–Trinajstić information content (AvgIpc) is 2.74. The quantitative estimate of drug-likeness (QED) is 0.610. The predicted molar refractivity (Wildman–Crippen MR) is 122 cm³/mol. The van der Waals surface area contributed by atoms with Crippen molar-refractivity contribution in [2.45, 2.75) is 46.5 Å². The fourth-order valence-electron chi connectivity index (χ4n) is 3.95. The number of rotatable bonds is 4. The second-order valence-corrected chi connectivity index (χ2v) is 8.75. The monoisotopic (exact) mass is 402 g/mol. The lowest BCUT2D eigenvalue weighted by Crippen LogP contribution is -2.38. The zero-order chi connectivity index (χ0) is 21.3. The van der Waals surface area contributed by atoms with Crippen molar-refractivity contribution in [3.05, 3.63) is 59.4 Å². The molecule has 1 aliphatic heterocycles. The molecule has 156 valence electrons. The molecule has 5 heteroatoms. The SMILES string of the molecule is Cc1ccc2c(Nc3ccc(C(C)C)cc3)c(C(=O)N3CCC(C)CC3)cnc2n1. The first-order chi connectivity index (χ1) is 14.4. The van der Waals surface area contributed by atoms with Crippen molar-refractivity contribution in [3.63, 3.8) is 0 Å². The summed E-state index contributed by atoms with van der Waals surface area (Å²) in [4.78, 5) is 24.4. The van der Waals surface area contributed by atoms with Gasteiger partial charge in [-0.05, 0) is 61.4 Å². The molecule has 1 saturated heterocycles. The molecule has 2 aromatic heterocycles. The van der Waals surface area contributed by atoms with Crippen LogP contribution in [0.4, 0.5) is 11.4 Å². The minimum atomic E-state index is 0.0400. The molecule has 0 radical (unpaired) electrons. The van der Waals surface area contributed by atoms with Crippen LogP contribution in [0.5, 0.6) is 0 Å². The van der Waals surface area contributed by atoms with Gasteiger partial charge in [-0.15, -0.1) is 0 Å². The minimum absolute atomic E-state index is 0.0400. The molecule has 1 N–H and O–H groups in total. The molecule has 1 amide bonds. The van der Waals surface area contributed by atoms with Crippen LogP contribution in [0.2, 0.25) is 0 Å². The Morgan fingerprint density at radius 1 is 1.10 bits per heavy atom. The number of carbonyl (C=O) groups excluding carboxylic acids is 1. The van der Waals surface area contributed by atoms with E-state index in [2.05, 4.69) is 60.3 Å². The average molecular weight is 403 g/mol. The lowest BCUT2D eigenvalue weighted by atomic mass is 9.98. The molecule has 0 aliphatic carbocycles. The first kappa shape index (κ1) is 20.3. The van der Waals surface area contributed by atoms with Crippen LogP contribution in [-0.4, -0.2) is 33.9 Å². The molecular weight excluding hydrogens is 372 g/mol. The van der Waals surface area contributed by atoms with E-state index < -0.39 is 0 Å². The zero-order valence-electron chi connectivity index (χ0n) is 18.3. The largest absolute Gasteiger partial charge is 0.354 e. The highest BCUT2D eigenvalue weighted by atomic mass is 16.2. The molecule has 0 saturated carbocycles. The Morgan fingerprint density at radius 3 is 2.47 bits per heavy atom. The summed E-state index contributed by atoms with van der Waals surface area (Å²) in [5.74, 6) is 1.19. The number of nitrogens with one attached hydrogen (secondary N) is 1. The van der Waals surface area contributed by atoms with E-state index in [9.17, 15) is 4.79 Å². The number of benzene rings is 1. The highest BCUT2D eigenvalue weighted by Crippen LogP contribution is 2.31. The summed E-state index contributed by atoms with van der Waals surface area (Å²) in [6.45, 7) is 10.2. The molecule has 1 aromatic carbocycles. The molecule has 30 heavy (non-hydrogen) atoms. The van der Waals surface area contributed by atoms with Crippen molar-refractivity contribution in [3.8, 4) is 0 Å². The summed E-state index contributed by atoms with van der Waals surface area (Å²) in [6, 6.07) is 12.4. The molecule has 1 aliphatic rings. The molecular formula is C25H30N4O. The summed E-state index contributed by atoms with van der Waals surface area (Å²) in [5, 5.41) is 4.37. The number of carbonyl (C=O) groups is 1. The van der Waals surface area contributed by atoms with E-state index in [-0.39, 0.29) is 5.91 Å². The topological polar surface area (TPSA) is 58.1 Å². The third-order valence-electron chi connectivity index (χ3n) is 6.02. The molecule has 0 atom stereocenters. The van der Waals surface area contributed by atoms with Gasteiger partial charge in [-0.25, -0.2) is 9.97 Å². The fraction of sp³-hybridized carbons (Fsp3) is 0.400. The molecule has 0 spiro atoms. The summed E-state index contributed by atoms with van der Waals surface area (Å²) in [7, 11) is 0. The summed E-state index contributed by atoms with van der Waals surface area (Å²) < 4.78 is 0. The maximum Gasteiger partial charge on any atom is 0.257 e. The Labute approximate surface area is 178 Å². The van der Waals surface area contributed by atoms with E-state index in [0.29, 0.717) is 23.0 Å². The van der Waals surface area contributed by atoms with Crippen LogP contribution in [0, 0.1) is 12.8 Å². The number of hydrogen-bond acceptors (Lipinski definition) is 4. The molecule has 3 aromatic rings. The number of nitrogens with zero attached hydrogens (tertiary/aromatic N) is 3. The number of aryl methyl sites for hydroxylation is 1. The first-order valence-corrected chi connectivity index (χ1v) is 10.8. The number of piperidine rings is 1. The lowest BCUT2D eigenvalue weighted by Gasteiger charge is -2.31. The van der Waals surface area contributed by atoms with E-state index in [1.807, 2.05) is 24.0 Å². The molecule has 1 fully saturated rings. The Kier molecular flexibility index (Phi) is 5.71. The van der Waals surface area contributed by atoms with Gasteiger partial charge in [-0.3, -0.25) is 4.79 Å². The summed E-state index contributed by atoms with van der Waals surface area (Å²) >= 11 is 0. The Balaban J connectivity index is 1.74. The standard InChI is InChI=1S/C25H30N4O/c1-16(2)19-6-8-20(9-7-19)28-23-21-10-5-18(4)27-24(21)26-15-22(23)25(30)29-13-11-17(3)12-14-29/h5-10,15-17H,11-14H2,1-4H3,(H,26,27,28). The first-order valence-electron chi connectivity index (χ1n) is 10.8. The molecule has 3 heterocycles. The highest BCUT2D eigenvalue weighted by molar-refractivity contribution is 6.07. The van der Waals surface area contributed by atoms with Crippen LogP contribution in [0.3, 0.4) is 0 Å². The maximum atomic E-state index is 13.4. The molecule has 0 unspecified atom stereocenters. The smallest absolute Gasteiger partial charge is 0.257 e. The van der Waals surface area contributed by atoms with Gasteiger partial charge >= 0.3 is 0 Å². The van der Waals surface area contributed by atoms with Gasteiger partial charge in [-0.2, -0.15) is 0 Å². The summed E-state index contributed by atoms with van der Waals surface area (Å²) in [5.41, 5.74) is 5.19. The zero-order valence-corrected chi connectivity index (χ0v) is 18.3. The third kappa shape index (κ3) is 4.16. The second kappa shape index (κ2) is 8.42. The number of likely N-dealkylation sites (tertiary alicyclic amines) is 1. The van der Waals surface area contributed by atoms with Gasteiger partial charge in [-0.1, -0.05) is 32.9 Å². The Hall–Kier alpha value is -2.95. The van der Waals surface area contributed by atoms with Gasteiger partial charge in [0.15, 0.2) is 5.65 Å². The number of pyridine rings is 2. The number of aromatic nitrogens is 2. The van der Waals surface area contributed by atoms with Gasteiger partial charge in [0, 0.05) is 36.1 Å². The summed E-state index contributed by atoms with van der Waals surface area (Å²) in [6.07, 6.45) is 3.78. The Bertz CT molecular complexity index is 1050. The van der Waals surface area contributed by atoms with Crippen molar-refractivity contribution in [1.29, 1.82) is 0 Å². The maximum absolute atomic E-state index is 13.4. The normalized spacial score (nSPS) is 15.0. The second-order valence-electron chi connectivity index (χ2n) is 8.75. The van der Waals surface area contributed by atoms with E-state index in [1.54, 1.807) is 6.20 Å². The van der Waals surface area contributed by atoms with Gasteiger partial charge < -0.3 is 10.2 Å². The third-order valence-corrected chi connectivity index (χ3v) is 6.02. The van der Waals surface area contributed by atoms with Crippen molar-refractivity contribution < 1.29 is 4.79 Å². The van der Waals surface area contributed by atoms with Gasteiger partial charge in [0.2, 0.25) is 0 Å². The number of anilines is 2. The van der Waals surface area contributed by atoms with Crippen LogP contribution in [0.1, 0.15) is 61.1 Å². The molecule has 5 nitrogen and oxygen atoms in total.